The van der Waals surface area contributed by atoms with Crippen LogP contribution in [0.15, 0.2) is 36.5 Å². The quantitative estimate of drug-likeness (QED) is 0.344. The molecule has 0 aromatic carbocycles. The number of rotatable bonds is 5. The number of aliphatic hydroxyl groups excluding tert-OH is 2. The third-order valence-electron chi connectivity index (χ3n) is 3.56. The minimum absolute atomic E-state index is 0.250. The number of aliphatic hydroxyl groups is 2. The van der Waals surface area contributed by atoms with E-state index in [1.54, 1.807) is 18.2 Å². The molecule has 1 rings (SSSR count). The van der Waals surface area contributed by atoms with Gasteiger partial charge in [-0.15, -0.1) is 0 Å². The maximum Gasteiger partial charge on any atom is 0.347 e. The number of hydrogen-bond acceptors (Lipinski definition) is 6. The van der Waals surface area contributed by atoms with Crippen molar-refractivity contribution in [2.24, 2.45) is 0 Å². The van der Waals surface area contributed by atoms with Crippen LogP contribution in [0.3, 0.4) is 0 Å². The maximum atomic E-state index is 12.3. The van der Waals surface area contributed by atoms with E-state index < -0.39 is 36.4 Å². The Balaban J connectivity index is 2.84. The van der Waals surface area contributed by atoms with Crippen molar-refractivity contribution in [3.8, 4) is 0 Å². The van der Waals surface area contributed by atoms with Gasteiger partial charge in [0.1, 0.15) is 18.3 Å². The highest BCUT2D eigenvalue weighted by Gasteiger charge is 2.32. The zero-order valence-corrected chi connectivity index (χ0v) is 14.1. The lowest BCUT2D eigenvalue weighted by atomic mass is 10.0. The summed E-state index contributed by atoms with van der Waals surface area (Å²) < 4.78 is 10.4. The van der Waals surface area contributed by atoms with Crippen molar-refractivity contribution in [3.63, 3.8) is 0 Å². The summed E-state index contributed by atoms with van der Waals surface area (Å²) in [5.41, 5.74) is 0. The van der Waals surface area contributed by atoms with Crippen LogP contribution in [0, 0.1) is 0 Å². The van der Waals surface area contributed by atoms with E-state index in [9.17, 15) is 19.8 Å². The molecule has 6 heteroatoms. The Hall–Kier alpha value is -1.92. The maximum absolute atomic E-state index is 12.3. The van der Waals surface area contributed by atoms with E-state index in [-0.39, 0.29) is 6.42 Å². The fourth-order valence-electron chi connectivity index (χ4n) is 2.28. The smallest absolute Gasteiger partial charge is 0.347 e. The Bertz CT molecular complexity index is 494. The van der Waals surface area contributed by atoms with Crippen LogP contribution in [0.2, 0.25) is 0 Å². The molecule has 0 radical (unpaired) electrons. The van der Waals surface area contributed by atoms with Crippen LogP contribution in [0.25, 0.3) is 0 Å². The Morgan fingerprint density at radius 2 is 2.17 bits per heavy atom. The second-order valence-electron chi connectivity index (χ2n) is 5.56. The van der Waals surface area contributed by atoms with Crippen LogP contribution in [0.5, 0.6) is 0 Å². The van der Waals surface area contributed by atoms with Crippen molar-refractivity contribution in [1.29, 1.82) is 0 Å². The monoisotopic (exact) mass is 338 g/mol. The fraction of sp³-hybridized carbons (Fsp3) is 0.556. The molecule has 2 N–H and O–H groups in total. The Morgan fingerprint density at radius 1 is 1.42 bits per heavy atom. The summed E-state index contributed by atoms with van der Waals surface area (Å²) in [7, 11) is 0. The predicted molar refractivity (Wildman–Crippen MR) is 89.0 cm³/mol. The van der Waals surface area contributed by atoms with Crippen molar-refractivity contribution in [2.45, 2.75) is 63.9 Å². The normalized spacial score (nSPS) is 30.2. The molecule has 0 aromatic heterocycles. The molecule has 0 spiro atoms. The van der Waals surface area contributed by atoms with Crippen LogP contribution < -0.4 is 0 Å². The third kappa shape index (κ3) is 6.68. The molecule has 4 atom stereocenters. The summed E-state index contributed by atoms with van der Waals surface area (Å²) in [5, 5.41) is 20.0. The van der Waals surface area contributed by atoms with Crippen molar-refractivity contribution in [3.05, 3.63) is 36.5 Å². The van der Waals surface area contributed by atoms with Crippen molar-refractivity contribution in [2.75, 3.05) is 0 Å². The lowest BCUT2D eigenvalue weighted by Crippen LogP contribution is -2.42. The average Bonchev–Trinajstić information content (AvgIpc) is 2.55. The van der Waals surface area contributed by atoms with Gasteiger partial charge in [-0.05, 0) is 26.2 Å². The van der Waals surface area contributed by atoms with Crippen LogP contribution in [0.4, 0.5) is 0 Å². The first-order chi connectivity index (χ1) is 11.5. The topological polar surface area (TPSA) is 93.1 Å². The van der Waals surface area contributed by atoms with Gasteiger partial charge in [0.25, 0.3) is 0 Å². The second-order valence-corrected chi connectivity index (χ2v) is 5.56. The third-order valence-corrected chi connectivity index (χ3v) is 3.56. The average molecular weight is 338 g/mol. The number of carbonyl (C=O) groups excluding carboxylic acids is 2. The molecule has 0 bridgehead atoms. The van der Waals surface area contributed by atoms with Crippen molar-refractivity contribution >= 4 is 11.9 Å². The number of allylic oxidation sites excluding steroid dienone is 4. The highest BCUT2D eigenvalue weighted by Crippen LogP contribution is 2.17. The molecule has 0 amide bonds. The number of cyclic esters (lactones) is 1. The lowest BCUT2D eigenvalue weighted by molar-refractivity contribution is -0.176. The predicted octanol–water partition coefficient (Wildman–Crippen LogP) is 1.81. The van der Waals surface area contributed by atoms with Gasteiger partial charge in [-0.25, -0.2) is 9.59 Å². The van der Waals surface area contributed by atoms with Gasteiger partial charge in [0.2, 0.25) is 0 Å². The van der Waals surface area contributed by atoms with Gasteiger partial charge < -0.3 is 19.7 Å². The number of esters is 2. The zero-order valence-electron chi connectivity index (χ0n) is 14.1. The molecule has 0 fully saturated rings. The standard InChI is InChI=1S/C18H26O6/c1-3-5-6-12-16(20)23-15-11-8-7-10-13(19)17(21)14(9-4-2)24-18(15)22/h3,5-7,10,12-15,17,19,21H,4,8-9,11H2,1-2H3/b5-3+,10-7+,12-6+/t13-,14?,15?,17-/m1/s1. The number of hydrogen-bond donors (Lipinski definition) is 2. The highest BCUT2D eigenvalue weighted by molar-refractivity contribution is 5.85. The van der Waals surface area contributed by atoms with Gasteiger partial charge in [0, 0.05) is 6.08 Å². The molecular weight excluding hydrogens is 312 g/mol. The van der Waals surface area contributed by atoms with E-state index in [1.807, 2.05) is 13.8 Å². The van der Waals surface area contributed by atoms with Crippen LogP contribution >= 0.6 is 0 Å². The summed E-state index contributed by atoms with van der Waals surface area (Å²) in [6, 6.07) is 0. The second kappa shape index (κ2) is 10.8. The SMILES string of the molecule is C/C=C/C=C/C(=O)OC1CC/C=C/[C@@H](O)[C@@H](O)C(CCC)OC1=O. The van der Waals surface area contributed by atoms with E-state index in [0.29, 0.717) is 19.3 Å². The fourth-order valence-corrected chi connectivity index (χ4v) is 2.28. The van der Waals surface area contributed by atoms with Crippen LogP contribution in [0.1, 0.15) is 39.5 Å². The summed E-state index contributed by atoms with van der Waals surface area (Å²) >= 11 is 0. The minimum atomic E-state index is -1.21. The largest absolute Gasteiger partial charge is 0.457 e. The Kier molecular flexibility index (Phi) is 9.04. The van der Waals surface area contributed by atoms with Crippen molar-refractivity contribution < 1.29 is 29.3 Å². The van der Waals surface area contributed by atoms with Crippen molar-refractivity contribution in [1.82, 2.24) is 0 Å². The first-order valence-electron chi connectivity index (χ1n) is 8.22. The van der Waals surface area contributed by atoms with Crippen LogP contribution in [-0.2, 0) is 19.1 Å². The molecule has 24 heavy (non-hydrogen) atoms. The molecule has 1 heterocycles. The Morgan fingerprint density at radius 3 is 2.83 bits per heavy atom. The molecule has 1 aliphatic rings. The summed E-state index contributed by atoms with van der Waals surface area (Å²) in [6.07, 6.45) is 6.83. The summed E-state index contributed by atoms with van der Waals surface area (Å²) in [4.78, 5) is 24.0. The Labute approximate surface area is 142 Å². The zero-order chi connectivity index (χ0) is 17.9. The van der Waals surface area contributed by atoms with Crippen LogP contribution in [-0.4, -0.2) is 46.6 Å². The molecular formula is C18H26O6. The first-order valence-corrected chi connectivity index (χ1v) is 8.22. The molecule has 0 aliphatic carbocycles. The molecule has 1 aliphatic heterocycles. The minimum Gasteiger partial charge on any atom is -0.457 e. The van der Waals surface area contributed by atoms with E-state index in [4.69, 9.17) is 9.47 Å². The van der Waals surface area contributed by atoms with E-state index in [2.05, 4.69) is 0 Å². The number of carbonyl (C=O) groups is 2. The molecule has 0 saturated carbocycles. The molecule has 6 nitrogen and oxygen atoms in total. The van der Waals surface area contributed by atoms with E-state index in [1.165, 1.54) is 18.2 Å². The summed E-state index contributed by atoms with van der Waals surface area (Å²) in [5.74, 6) is -1.34. The molecule has 0 saturated heterocycles. The van der Waals surface area contributed by atoms with Gasteiger partial charge >= 0.3 is 11.9 Å². The molecule has 2 unspecified atom stereocenters. The lowest BCUT2D eigenvalue weighted by Gasteiger charge is -2.27. The van der Waals surface area contributed by atoms with Gasteiger partial charge in [-0.3, -0.25) is 0 Å². The van der Waals surface area contributed by atoms with Gasteiger partial charge in [0.15, 0.2) is 6.10 Å². The summed E-state index contributed by atoms with van der Waals surface area (Å²) in [6.45, 7) is 3.69. The van der Waals surface area contributed by atoms with E-state index >= 15 is 0 Å². The highest BCUT2D eigenvalue weighted by atomic mass is 16.6. The van der Waals surface area contributed by atoms with Gasteiger partial charge in [-0.2, -0.15) is 0 Å². The number of ether oxygens (including phenoxy) is 2. The van der Waals surface area contributed by atoms with E-state index in [0.717, 1.165) is 0 Å². The van der Waals surface area contributed by atoms with Gasteiger partial charge in [0.05, 0.1) is 0 Å². The van der Waals surface area contributed by atoms with Gasteiger partial charge in [-0.1, -0.05) is 43.7 Å². The molecule has 0 aromatic rings. The first kappa shape index (κ1) is 20.1. The molecule has 134 valence electrons.